The summed E-state index contributed by atoms with van der Waals surface area (Å²) in [5.41, 5.74) is 2.71. The minimum absolute atomic E-state index is 0.598. The second-order valence-corrected chi connectivity index (χ2v) is 6.37. The Morgan fingerprint density at radius 3 is 2.76 bits per heavy atom. The van der Waals surface area contributed by atoms with Crippen molar-refractivity contribution in [3.8, 4) is 0 Å². The SMILES string of the molecule is CCCNC1CCOCC1CN(C)Cc1ccc(C)cc1. The standard InChI is InChI=1S/C18H30N2O/c1-4-10-19-18-9-11-21-14-17(18)13-20(3)12-16-7-5-15(2)6-8-16/h5-8,17-19H,4,9-14H2,1-3H3. The Hall–Kier alpha value is -0.900. The first-order valence-corrected chi connectivity index (χ1v) is 8.24. The van der Waals surface area contributed by atoms with E-state index in [1.807, 2.05) is 0 Å². The summed E-state index contributed by atoms with van der Waals surface area (Å²) in [5.74, 6) is 0.598. The van der Waals surface area contributed by atoms with Crippen LogP contribution in [0.1, 0.15) is 30.9 Å². The van der Waals surface area contributed by atoms with Crippen LogP contribution in [0.2, 0.25) is 0 Å². The van der Waals surface area contributed by atoms with Gasteiger partial charge >= 0.3 is 0 Å². The lowest BCUT2D eigenvalue weighted by Crippen LogP contribution is -2.47. The summed E-state index contributed by atoms with van der Waals surface area (Å²) in [6, 6.07) is 9.46. The molecule has 0 bridgehead atoms. The molecule has 0 amide bonds. The monoisotopic (exact) mass is 290 g/mol. The molecule has 0 aromatic heterocycles. The number of benzene rings is 1. The second kappa shape index (κ2) is 8.52. The predicted molar refractivity (Wildman–Crippen MR) is 88.5 cm³/mol. The number of aryl methyl sites for hydroxylation is 1. The van der Waals surface area contributed by atoms with Gasteiger partial charge in [-0.3, -0.25) is 0 Å². The number of hydrogen-bond donors (Lipinski definition) is 1. The summed E-state index contributed by atoms with van der Waals surface area (Å²) >= 11 is 0. The van der Waals surface area contributed by atoms with Crippen molar-refractivity contribution in [1.29, 1.82) is 0 Å². The van der Waals surface area contributed by atoms with E-state index in [4.69, 9.17) is 4.74 Å². The van der Waals surface area contributed by atoms with Gasteiger partial charge in [-0.2, -0.15) is 0 Å². The van der Waals surface area contributed by atoms with Crippen LogP contribution < -0.4 is 5.32 Å². The first-order chi connectivity index (χ1) is 10.2. The molecule has 2 rings (SSSR count). The Labute approximate surface area is 129 Å². The van der Waals surface area contributed by atoms with E-state index in [9.17, 15) is 0 Å². The highest BCUT2D eigenvalue weighted by Gasteiger charge is 2.26. The summed E-state index contributed by atoms with van der Waals surface area (Å²) in [6.07, 6.45) is 2.34. The van der Waals surface area contributed by atoms with E-state index in [0.29, 0.717) is 12.0 Å². The van der Waals surface area contributed by atoms with Crippen molar-refractivity contribution in [3.05, 3.63) is 35.4 Å². The lowest BCUT2D eigenvalue weighted by atomic mass is 9.95. The van der Waals surface area contributed by atoms with Gasteiger partial charge in [0.1, 0.15) is 0 Å². The number of ether oxygens (including phenoxy) is 1. The highest BCUT2D eigenvalue weighted by molar-refractivity contribution is 5.21. The number of hydrogen-bond acceptors (Lipinski definition) is 3. The van der Waals surface area contributed by atoms with E-state index in [1.165, 1.54) is 17.5 Å². The summed E-state index contributed by atoms with van der Waals surface area (Å²) in [4.78, 5) is 2.42. The highest BCUT2D eigenvalue weighted by Crippen LogP contribution is 2.17. The maximum atomic E-state index is 5.69. The smallest absolute Gasteiger partial charge is 0.0521 e. The van der Waals surface area contributed by atoms with E-state index in [1.54, 1.807) is 0 Å². The van der Waals surface area contributed by atoms with Crippen molar-refractivity contribution in [2.75, 3.05) is 33.4 Å². The fourth-order valence-electron chi connectivity index (χ4n) is 3.05. The van der Waals surface area contributed by atoms with Crippen LogP contribution in [0.5, 0.6) is 0 Å². The highest BCUT2D eigenvalue weighted by atomic mass is 16.5. The van der Waals surface area contributed by atoms with Crippen LogP contribution in [0.4, 0.5) is 0 Å². The van der Waals surface area contributed by atoms with Crippen LogP contribution in [-0.2, 0) is 11.3 Å². The molecule has 1 aliphatic heterocycles. The van der Waals surface area contributed by atoms with Gasteiger partial charge in [0.15, 0.2) is 0 Å². The second-order valence-electron chi connectivity index (χ2n) is 6.37. The summed E-state index contributed by atoms with van der Waals surface area (Å²) in [7, 11) is 2.21. The fraction of sp³-hybridized carbons (Fsp3) is 0.667. The van der Waals surface area contributed by atoms with E-state index >= 15 is 0 Å². The van der Waals surface area contributed by atoms with Crippen molar-refractivity contribution in [2.45, 2.75) is 39.3 Å². The maximum Gasteiger partial charge on any atom is 0.0521 e. The molecule has 0 spiro atoms. The molecule has 1 aliphatic rings. The Kier molecular flexibility index (Phi) is 6.68. The Bertz CT molecular complexity index is 404. The minimum Gasteiger partial charge on any atom is -0.381 e. The minimum atomic E-state index is 0.598. The van der Waals surface area contributed by atoms with Gasteiger partial charge in [0.05, 0.1) is 6.61 Å². The average Bonchev–Trinajstić information content (AvgIpc) is 2.49. The largest absolute Gasteiger partial charge is 0.381 e. The number of nitrogens with zero attached hydrogens (tertiary/aromatic N) is 1. The molecule has 118 valence electrons. The van der Waals surface area contributed by atoms with Gasteiger partial charge in [0, 0.05) is 31.7 Å². The van der Waals surface area contributed by atoms with Crippen LogP contribution in [-0.4, -0.2) is 44.3 Å². The van der Waals surface area contributed by atoms with Crippen molar-refractivity contribution >= 4 is 0 Å². The zero-order chi connectivity index (χ0) is 15.1. The molecule has 2 atom stereocenters. The number of nitrogens with one attached hydrogen (secondary N) is 1. The van der Waals surface area contributed by atoms with Gasteiger partial charge in [0.2, 0.25) is 0 Å². The van der Waals surface area contributed by atoms with Crippen LogP contribution in [0.15, 0.2) is 24.3 Å². The fourth-order valence-corrected chi connectivity index (χ4v) is 3.05. The van der Waals surface area contributed by atoms with Crippen molar-refractivity contribution < 1.29 is 4.74 Å². The Balaban J connectivity index is 1.84. The third-order valence-corrected chi connectivity index (χ3v) is 4.25. The Morgan fingerprint density at radius 1 is 1.29 bits per heavy atom. The Morgan fingerprint density at radius 2 is 2.05 bits per heavy atom. The average molecular weight is 290 g/mol. The summed E-state index contributed by atoms with van der Waals surface area (Å²) in [5, 5.41) is 3.69. The molecule has 0 aliphatic carbocycles. The van der Waals surface area contributed by atoms with Crippen LogP contribution in [0.25, 0.3) is 0 Å². The summed E-state index contributed by atoms with van der Waals surface area (Å²) < 4.78 is 5.69. The predicted octanol–water partition coefficient (Wildman–Crippen LogP) is 2.83. The lowest BCUT2D eigenvalue weighted by molar-refractivity contribution is 0.0189. The normalized spacial score (nSPS) is 22.7. The zero-order valence-corrected chi connectivity index (χ0v) is 13.8. The van der Waals surface area contributed by atoms with Crippen molar-refractivity contribution in [1.82, 2.24) is 10.2 Å². The molecule has 1 aromatic rings. The molecule has 0 saturated carbocycles. The molecule has 1 saturated heterocycles. The molecule has 1 N–H and O–H groups in total. The lowest BCUT2D eigenvalue weighted by Gasteiger charge is -2.35. The molecule has 3 heteroatoms. The first kappa shape index (κ1) is 16.5. The molecule has 0 radical (unpaired) electrons. The van der Waals surface area contributed by atoms with Crippen LogP contribution in [0, 0.1) is 12.8 Å². The van der Waals surface area contributed by atoms with Crippen LogP contribution in [0.3, 0.4) is 0 Å². The van der Waals surface area contributed by atoms with Gasteiger partial charge in [-0.05, 0) is 38.9 Å². The molecule has 2 unspecified atom stereocenters. The van der Waals surface area contributed by atoms with E-state index in [2.05, 4.69) is 55.4 Å². The molecular weight excluding hydrogens is 260 g/mol. The maximum absolute atomic E-state index is 5.69. The summed E-state index contributed by atoms with van der Waals surface area (Å²) in [6.45, 7) is 9.37. The van der Waals surface area contributed by atoms with Gasteiger partial charge < -0.3 is 15.0 Å². The molecule has 3 nitrogen and oxygen atoms in total. The van der Waals surface area contributed by atoms with Crippen LogP contribution >= 0.6 is 0 Å². The number of rotatable bonds is 7. The third-order valence-electron chi connectivity index (χ3n) is 4.25. The zero-order valence-electron chi connectivity index (χ0n) is 13.8. The van der Waals surface area contributed by atoms with Gasteiger partial charge in [-0.25, -0.2) is 0 Å². The molecule has 1 heterocycles. The van der Waals surface area contributed by atoms with E-state index in [0.717, 1.165) is 39.3 Å². The van der Waals surface area contributed by atoms with Gasteiger partial charge in [-0.1, -0.05) is 36.8 Å². The quantitative estimate of drug-likeness (QED) is 0.836. The van der Waals surface area contributed by atoms with Crippen molar-refractivity contribution in [2.24, 2.45) is 5.92 Å². The molecular formula is C18H30N2O. The topological polar surface area (TPSA) is 24.5 Å². The molecule has 21 heavy (non-hydrogen) atoms. The van der Waals surface area contributed by atoms with Crippen molar-refractivity contribution in [3.63, 3.8) is 0 Å². The van der Waals surface area contributed by atoms with Gasteiger partial charge in [-0.15, -0.1) is 0 Å². The third kappa shape index (κ3) is 5.42. The molecule has 1 fully saturated rings. The molecule has 1 aromatic carbocycles. The first-order valence-electron chi connectivity index (χ1n) is 8.24. The van der Waals surface area contributed by atoms with E-state index < -0.39 is 0 Å². The van der Waals surface area contributed by atoms with Gasteiger partial charge in [0.25, 0.3) is 0 Å². The van der Waals surface area contributed by atoms with E-state index in [-0.39, 0.29) is 0 Å².